The van der Waals surface area contributed by atoms with Gasteiger partial charge in [-0.3, -0.25) is 9.59 Å². The summed E-state index contributed by atoms with van der Waals surface area (Å²) in [5, 5.41) is 3.54. The van der Waals surface area contributed by atoms with Gasteiger partial charge in [0, 0.05) is 11.3 Å². The van der Waals surface area contributed by atoms with Gasteiger partial charge >= 0.3 is 0 Å². The third-order valence-electron chi connectivity index (χ3n) is 5.04. The van der Waals surface area contributed by atoms with E-state index >= 15 is 0 Å². The Morgan fingerprint density at radius 1 is 1.15 bits per heavy atom. The van der Waals surface area contributed by atoms with Gasteiger partial charge in [-0.1, -0.05) is 18.6 Å². The second-order valence-electron chi connectivity index (χ2n) is 6.90. The highest BCUT2D eigenvalue weighted by molar-refractivity contribution is 7.17. The van der Waals surface area contributed by atoms with Gasteiger partial charge in [0.1, 0.15) is 10.8 Å². The summed E-state index contributed by atoms with van der Waals surface area (Å²) in [5.41, 5.74) is 9.29. The average Bonchev–Trinajstić information content (AvgIpc) is 3.12. The van der Waals surface area contributed by atoms with Crippen LogP contribution in [0.4, 0.5) is 5.00 Å². The predicted octanol–water partition coefficient (Wildman–Crippen LogP) is 3.23. The normalized spacial score (nSPS) is 15.5. The van der Waals surface area contributed by atoms with Crippen molar-refractivity contribution >= 4 is 28.2 Å². The monoisotopic (exact) mass is 370 g/mol. The minimum Gasteiger partial charge on any atom is -0.493 e. The maximum atomic E-state index is 12.5. The number of thiophene rings is 1. The molecule has 0 atom stereocenters. The summed E-state index contributed by atoms with van der Waals surface area (Å²) >= 11 is 1.51. The Kier molecular flexibility index (Phi) is 4.68. The van der Waals surface area contributed by atoms with Crippen LogP contribution in [-0.2, 0) is 30.5 Å². The first-order valence-electron chi connectivity index (χ1n) is 9.10. The molecule has 0 saturated carbocycles. The molecule has 4 rings (SSSR count). The Labute approximate surface area is 156 Å². The summed E-state index contributed by atoms with van der Waals surface area (Å²) in [4.78, 5) is 25.7. The van der Waals surface area contributed by atoms with Crippen LogP contribution in [0.3, 0.4) is 0 Å². The molecule has 136 valence electrons. The third kappa shape index (κ3) is 3.33. The number of ether oxygens (including phenoxy) is 1. The molecule has 1 aromatic heterocycles. The highest BCUT2D eigenvalue weighted by atomic mass is 32.1. The minimum atomic E-state index is -0.450. The lowest BCUT2D eigenvalue weighted by Gasteiger charge is -2.07. The Morgan fingerprint density at radius 2 is 2.00 bits per heavy atom. The molecule has 26 heavy (non-hydrogen) atoms. The zero-order valence-electron chi connectivity index (χ0n) is 14.6. The van der Waals surface area contributed by atoms with Gasteiger partial charge in [-0.25, -0.2) is 0 Å². The van der Waals surface area contributed by atoms with Crippen LogP contribution < -0.4 is 15.8 Å². The van der Waals surface area contributed by atoms with Crippen molar-refractivity contribution in [1.82, 2.24) is 0 Å². The number of hydrogen-bond donors (Lipinski definition) is 2. The van der Waals surface area contributed by atoms with Gasteiger partial charge in [0.15, 0.2) is 0 Å². The molecule has 1 aliphatic heterocycles. The summed E-state index contributed by atoms with van der Waals surface area (Å²) in [6, 6.07) is 5.87. The number of aryl methyl sites for hydroxylation is 1. The van der Waals surface area contributed by atoms with E-state index in [0.717, 1.165) is 54.5 Å². The van der Waals surface area contributed by atoms with Gasteiger partial charge in [-0.05, 0) is 48.4 Å². The van der Waals surface area contributed by atoms with Crippen molar-refractivity contribution in [3.63, 3.8) is 0 Å². The van der Waals surface area contributed by atoms with Crippen molar-refractivity contribution in [2.24, 2.45) is 5.73 Å². The van der Waals surface area contributed by atoms with Gasteiger partial charge in [-0.15, -0.1) is 11.3 Å². The van der Waals surface area contributed by atoms with Crippen molar-refractivity contribution in [1.29, 1.82) is 0 Å². The van der Waals surface area contributed by atoms with Crippen LogP contribution in [-0.4, -0.2) is 18.4 Å². The first-order valence-corrected chi connectivity index (χ1v) is 9.92. The molecule has 1 aliphatic carbocycles. The molecule has 2 amide bonds. The number of carbonyl (C=O) groups excluding carboxylic acids is 2. The fourth-order valence-corrected chi connectivity index (χ4v) is 5.11. The summed E-state index contributed by atoms with van der Waals surface area (Å²) in [6.07, 6.45) is 6.34. The van der Waals surface area contributed by atoms with Gasteiger partial charge in [0.25, 0.3) is 5.91 Å². The summed E-state index contributed by atoms with van der Waals surface area (Å²) < 4.78 is 5.50. The average molecular weight is 370 g/mol. The van der Waals surface area contributed by atoms with E-state index in [1.54, 1.807) is 0 Å². The molecular weight excluding hydrogens is 348 g/mol. The predicted molar refractivity (Wildman–Crippen MR) is 102 cm³/mol. The van der Waals surface area contributed by atoms with E-state index in [4.69, 9.17) is 10.5 Å². The molecule has 3 N–H and O–H groups in total. The van der Waals surface area contributed by atoms with E-state index < -0.39 is 5.91 Å². The van der Waals surface area contributed by atoms with Crippen LogP contribution in [0.2, 0.25) is 0 Å². The quantitative estimate of drug-likeness (QED) is 0.811. The number of fused-ring (bicyclic) bond motifs is 2. The first kappa shape index (κ1) is 17.1. The SMILES string of the molecule is NC(=O)c1c(NC(=O)Cc2ccc3c(c2)CCO3)sc2c1CCCCC2. The second-order valence-corrected chi connectivity index (χ2v) is 8.00. The van der Waals surface area contributed by atoms with E-state index in [9.17, 15) is 9.59 Å². The molecule has 0 fully saturated rings. The zero-order valence-corrected chi connectivity index (χ0v) is 15.4. The van der Waals surface area contributed by atoms with E-state index in [1.165, 1.54) is 22.6 Å². The maximum absolute atomic E-state index is 12.5. The number of hydrogen-bond acceptors (Lipinski definition) is 4. The van der Waals surface area contributed by atoms with E-state index in [0.29, 0.717) is 17.2 Å². The van der Waals surface area contributed by atoms with Crippen LogP contribution in [0.25, 0.3) is 0 Å². The molecule has 0 bridgehead atoms. The number of carbonyl (C=O) groups is 2. The van der Waals surface area contributed by atoms with Crippen molar-refractivity contribution in [2.75, 3.05) is 11.9 Å². The Balaban J connectivity index is 1.53. The molecule has 0 spiro atoms. The third-order valence-corrected chi connectivity index (χ3v) is 6.25. The first-order chi connectivity index (χ1) is 12.6. The van der Waals surface area contributed by atoms with Crippen LogP contribution in [0.1, 0.15) is 51.2 Å². The lowest BCUT2D eigenvalue weighted by molar-refractivity contribution is -0.115. The maximum Gasteiger partial charge on any atom is 0.251 e. The number of nitrogens with one attached hydrogen (secondary N) is 1. The Morgan fingerprint density at radius 3 is 2.85 bits per heavy atom. The summed E-state index contributed by atoms with van der Waals surface area (Å²) in [6.45, 7) is 0.702. The number of rotatable bonds is 4. The number of anilines is 1. The number of benzene rings is 1. The standard InChI is InChI=1S/C20H22N2O3S/c21-19(24)18-14-4-2-1-3-5-16(14)26-20(18)22-17(23)11-12-6-7-15-13(10-12)8-9-25-15/h6-7,10H,1-5,8-9,11H2,(H2,21,24)(H,22,23). The molecule has 6 heteroatoms. The van der Waals surface area contributed by atoms with Gasteiger partial charge in [0.2, 0.25) is 5.91 Å². The van der Waals surface area contributed by atoms with Gasteiger partial charge < -0.3 is 15.8 Å². The topological polar surface area (TPSA) is 81.4 Å². The number of primary amides is 1. The van der Waals surface area contributed by atoms with Crippen molar-refractivity contribution in [2.45, 2.75) is 44.9 Å². The largest absolute Gasteiger partial charge is 0.493 e. The van der Waals surface area contributed by atoms with E-state index in [2.05, 4.69) is 5.32 Å². The highest BCUT2D eigenvalue weighted by Crippen LogP contribution is 2.37. The zero-order chi connectivity index (χ0) is 18.1. The van der Waals surface area contributed by atoms with Crippen LogP contribution >= 0.6 is 11.3 Å². The lowest BCUT2D eigenvalue weighted by Crippen LogP contribution is -2.19. The van der Waals surface area contributed by atoms with Crippen LogP contribution in [0.5, 0.6) is 5.75 Å². The molecule has 2 aromatic rings. The molecule has 0 radical (unpaired) electrons. The van der Waals surface area contributed by atoms with E-state index in [1.807, 2.05) is 18.2 Å². The van der Waals surface area contributed by atoms with Gasteiger partial charge in [-0.2, -0.15) is 0 Å². The van der Waals surface area contributed by atoms with E-state index in [-0.39, 0.29) is 12.3 Å². The molecule has 5 nitrogen and oxygen atoms in total. The fraction of sp³-hybridized carbons (Fsp3) is 0.400. The molecule has 1 aromatic carbocycles. The summed E-state index contributed by atoms with van der Waals surface area (Å²) in [5.74, 6) is 0.337. The molecule has 2 heterocycles. The summed E-state index contributed by atoms with van der Waals surface area (Å²) in [7, 11) is 0. The molecular formula is C20H22N2O3S. The molecule has 2 aliphatic rings. The fourth-order valence-electron chi connectivity index (χ4n) is 3.80. The van der Waals surface area contributed by atoms with Crippen LogP contribution in [0, 0.1) is 0 Å². The number of nitrogens with two attached hydrogens (primary N) is 1. The number of amides is 2. The Bertz CT molecular complexity index is 872. The molecule has 0 saturated heterocycles. The van der Waals surface area contributed by atoms with Crippen molar-refractivity contribution in [3.05, 3.63) is 45.3 Å². The lowest BCUT2D eigenvalue weighted by atomic mass is 10.0. The Hall–Kier alpha value is -2.34. The smallest absolute Gasteiger partial charge is 0.251 e. The minimum absolute atomic E-state index is 0.122. The van der Waals surface area contributed by atoms with Gasteiger partial charge in [0.05, 0.1) is 18.6 Å². The van der Waals surface area contributed by atoms with Crippen molar-refractivity contribution < 1.29 is 14.3 Å². The van der Waals surface area contributed by atoms with Crippen molar-refractivity contribution in [3.8, 4) is 5.75 Å². The second kappa shape index (κ2) is 7.11. The molecule has 0 unspecified atom stereocenters. The van der Waals surface area contributed by atoms with Crippen LogP contribution in [0.15, 0.2) is 18.2 Å². The highest BCUT2D eigenvalue weighted by Gasteiger charge is 2.24.